The van der Waals surface area contributed by atoms with Crippen LogP contribution in [0.25, 0.3) is 0 Å². The van der Waals surface area contributed by atoms with Crippen LogP contribution in [0.5, 0.6) is 23.5 Å². The van der Waals surface area contributed by atoms with Crippen molar-refractivity contribution in [3.63, 3.8) is 0 Å². The van der Waals surface area contributed by atoms with Crippen molar-refractivity contribution in [1.82, 2.24) is 15.0 Å². The molecule has 0 bridgehead atoms. The smallest absolute Gasteiger partial charge is 0.467 e. The molecule has 0 unspecified atom stereocenters. The maximum absolute atomic E-state index is 12.0. The second-order valence-electron chi connectivity index (χ2n) is 3.49. The van der Waals surface area contributed by atoms with E-state index in [0.717, 1.165) is 12.1 Å². The van der Waals surface area contributed by atoms with E-state index in [2.05, 4.69) is 19.7 Å². The molecule has 0 N–H and O–H groups in total. The summed E-state index contributed by atoms with van der Waals surface area (Å²) in [6, 6.07) is 4.47. The summed E-state index contributed by atoms with van der Waals surface area (Å²) in [6.07, 6.45) is -4.75. The Morgan fingerprint density at radius 3 is 2.10 bits per heavy atom. The van der Waals surface area contributed by atoms with Gasteiger partial charge in [-0.15, -0.1) is 18.2 Å². The van der Waals surface area contributed by atoms with Crippen LogP contribution in [0.3, 0.4) is 0 Å². The Kier molecular flexibility index (Phi) is 4.32. The summed E-state index contributed by atoms with van der Waals surface area (Å²) in [6.45, 7) is 0. The van der Waals surface area contributed by atoms with Crippen LogP contribution < -0.4 is 14.2 Å². The molecule has 1 aromatic carbocycles. The largest absolute Gasteiger partial charge is 0.573 e. The Labute approximate surface area is 121 Å². The first-order valence-electron chi connectivity index (χ1n) is 5.35. The zero-order chi connectivity index (χ0) is 15.5. The normalized spacial score (nSPS) is 11.1. The van der Waals surface area contributed by atoms with Crippen molar-refractivity contribution in [3.8, 4) is 23.5 Å². The lowest BCUT2D eigenvalue weighted by molar-refractivity contribution is -0.274. The highest BCUT2D eigenvalue weighted by atomic mass is 35.5. The van der Waals surface area contributed by atoms with Crippen molar-refractivity contribution < 1.29 is 27.4 Å². The first-order chi connectivity index (χ1) is 9.85. The molecule has 1 aromatic heterocycles. The fraction of sp³-hybridized carbons (Fsp3) is 0.182. The SMILES string of the molecule is COc1nc(Cl)nc(Oc2ccc(OC(F)(F)F)cc2)n1. The van der Waals surface area contributed by atoms with E-state index in [0.29, 0.717) is 0 Å². The van der Waals surface area contributed by atoms with Crippen molar-refractivity contribution in [3.05, 3.63) is 29.5 Å². The highest BCUT2D eigenvalue weighted by Crippen LogP contribution is 2.26. The van der Waals surface area contributed by atoms with Crippen LogP contribution in [-0.4, -0.2) is 28.4 Å². The number of hydrogen-bond acceptors (Lipinski definition) is 6. The van der Waals surface area contributed by atoms with Gasteiger partial charge in [-0.3, -0.25) is 0 Å². The molecule has 0 aliphatic carbocycles. The van der Waals surface area contributed by atoms with E-state index < -0.39 is 6.36 Å². The number of nitrogens with zero attached hydrogens (tertiary/aromatic N) is 3. The van der Waals surface area contributed by atoms with Gasteiger partial charge in [0.2, 0.25) is 5.28 Å². The Morgan fingerprint density at radius 1 is 0.952 bits per heavy atom. The molecular formula is C11H7ClF3N3O3. The molecule has 6 nitrogen and oxygen atoms in total. The van der Waals surface area contributed by atoms with Gasteiger partial charge in [-0.1, -0.05) is 0 Å². The van der Waals surface area contributed by atoms with Crippen LogP contribution in [0.4, 0.5) is 13.2 Å². The van der Waals surface area contributed by atoms with E-state index in [4.69, 9.17) is 21.1 Å². The number of alkyl halides is 3. The summed E-state index contributed by atoms with van der Waals surface area (Å²) in [5.41, 5.74) is 0. The molecule has 0 atom stereocenters. The minimum Gasteiger partial charge on any atom is -0.467 e. The molecule has 1 heterocycles. The Bertz CT molecular complexity index is 622. The average molecular weight is 322 g/mol. The van der Waals surface area contributed by atoms with Gasteiger partial charge in [0.05, 0.1) is 7.11 Å². The molecule has 0 saturated heterocycles. The summed E-state index contributed by atoms with van der Waals surface area (Å²) in [5, 5.41) is -0.145. The lowest BCUT2D eigenvalue weighted by Crippen LogP contribution is -2.16. The van der Waals surface area contributed by atoms with Crippen molar-refractivity contribution in [1.29, 1.82) is 0 Å². The second-order valence-corrected chi connectivity index (χ2v) is 3.83. The topological polar surface area (TPSA) is 66.4 Å². The monoisotopic (exact) mass is 321 g/mol. The predicted octanol–water partition coefficient (Wildman–Crippen LogP) is 3.22. The molecule has 21 heavy (non-hydrogen) atoms. The molecule has 0 saturated carbocycles. The summed E-state index contributed by atoms with van der Waals surface area (Å²) >= 11 is 5.63. The number of hydrogen-bond donors (Lipinski definition) is 0. The third kappa shape index (κ3) is 4.63. The molecule has 2 aromatic rings. The lowest BCUT2D eigenvalue weighted by atomic mass is 10.3. The molecule has 0 aliphatic rings. The number of ether oxygens (including phenoxy) is 3. The maximum Gasteiger partial charge on any atom is 0.573 e. The van der Waals surface area contributed by atoms with Crippen molar-refractivity contribution in [2.45, 2.75) is 6.36 Å². The summed E-state index contributed by atoms with van der Waals surface area (Å²) in [4.78, 5) is 11.1. The zero-order valence-corrected chi connectivity index (χ0v) is 11.1. The van der Waals surface area contributed by atoms with E-state index >= 15 is 0 Å². The molecule has 0 amide bonds. The number of aromatic nitrogens is 3. The Hall–Kier alpha value is -2.29. The van der Waals surface area contributed by atoms with E-state index in [1.54, 1.807) is 0 Å². The van der Waals surface area contributed by atoms with Gasteiger partial charge >= 0.3 is 18.4 Å². The number of rotatable bonds is 4. The zero-order valence-electron chi connectivity index (χ0n) is 10.4. The van der Waals surface area contributed by atoms with Crippen LogP contribution in [0.2, 0.25) is 5.28 Å². The molecular weight excluding hydrogens is 315 g/mol. The lowest BCUT2D eigenvalue weighted by Gasteiger charge is -2.09. The molecule has 0 fully saturated rings. The summed E-state index contributed by atoms with van der Waals surface area (Å²) in [7, 11) is 1.33. The van der Waals surface area contributed by atoms with Gasteiger partial charge in [0, 0.05) is 0 Å². The fourth-order valence-electron chi connectivity index (χ4n) is 1.27. The van der Waals surface area contributed by atoms with E-state index in [1.165, 1.54) is 19.2 Å². The number of benzene rings is 1. The highest BCUT2D eigenvalue weighted by Gasteiger charge is 2.30. The van der Waals surface area contributed by atoms with E-state index in [1.807, 2.05) is 0 Å². The Morgan fingerprint density at radius 2 is 1.52 bits per heavy atom. The van der Waals surface area contributed by atoms with Gasteiger partial charge < -0.3 is 14.2 Å². The van der Waals surface area contributed by atoms with E-state index in [-0.39, 0.29) is 28.8 Å². The number of halogens is 4. The van der Waals surface area contributed by atoms with Gasteiger partial charge in [0.15, 0.2) is 0 Å². The quantitative estimate of drug-likeness (QED) is 0.861. The van der Waals surface area contributed by atoms with Crippen molar-refractivity contribution in [2.75, 3.05) is 7.11 Å². The second kappa shape index (κ2) is 6.00. The van der Waals surface area contributed by atoms with Crippen molar-refractivity contribution >= 4 is 11.6 Å². The van der Waals surface area contributed by atoms with Crippen LogP contribution in [0.15, 0.2) is 24.3 Å². The molecule has 2 rings (SSSR count). The Balaban J connectivity index is 2.11. The van der Waals surface area contributed by atoms with Gasteiger partial charge in [-0.25, -0.2) is 0 Å². The standard InChI is InChI=1S/C11H7ClF3N3O3/c1-19-9-16-8(12)17-10(18-9)20-6-2-4-7(5-3-6)21-11(13,14)15/h2-5H,1H3. The molecule has 0 radical (unpaired) electrons. The van der Waals surface area contributed by atoms with Gasteiger partial charge in [0.25, 0.3) is 0 Å². The average Bonchev–Trinajstić information content (AvgIpc) is 2.38. The molecule has 0 aliphatic heterocycles. The van der Waals surface area contributed by atoms with Gasteiger partial charge in [0.1, 0.15) is 11.5 Å². The maximum atomic E-state index is 12.0. The first kappa shape index (κ1) is 15.1. The van der Waals surface area contributed by atoms with Gasteiger partial charge in [-0.05, 0) is 35.9 Å². The third-order valence-corrected chi connectivity index (χ3v) is 2.19. The molecule has 0 spiro atoms. The van der Waals surface area contributed by atoms with Crippen molar-refractivity contribution in [2.24, 2.45) is 0 Å². The molecule has 10 heteroatoms. The summed E-state index contributed by atoms with van der Waals surface area (Å²) in [5.74, 6) is -0.185. The summed E-state index contributed by atoms with van der Waals surface area (Å²) < 4.78 is 49.7. The van der Waals surface area contributed by atoms with Crippen LogP contribution >= 0.6 is 11.6 Å². The molecule has 112 valence electrons. The van der Waals surface area contributed by atoms with E-state index in [9.17, 15) is 13.2 Å². The first-order valence-corrected chi connectivity index (χ1v) is 5.73. The third-order valence-electron chi connectivity index (χ3n) is 2.02. The predicted molar refractivity (Wildman–Crippen MR) is 64.6 cm³/mol. The van der Waals surface area contributed by atoms with Crippen LogP contribution in [-0.2, 0) is 0 Å². The minimum absolute atomic E-state index is 0.0537. The van der Waals surface area contributed by atoms with Crippen LogP contribution in [0.1, 0.15) is 0 Å². The highest BCUT2D eigenvalue weighted by molar-refractivity contribution is 6.28. The van der Waals surface area contributed by atoms with Gasteiger partial charge in [-0.2, -0.15) is 9.97 Å². The minimum atomic E-state index is -4.75. The number of methoxy groups -OCH3 is 1. The van der Waals surface area contributed by atoms with Crippen LogP contribution in [0, 0.1) is 0 Å². The fourth-order valence-corrected chi connectivity index (χ4v) is 1.41.